The summed E-state index contributed by atoms with van der Waals surface area (Å²) in [6.45, 7) is 0.933. The molecule has 3 aromatic rings. The summed E-state index contributed by atoms with van der Waals surface area (Å²) in [6, 6.07) is 4.88. The maximum Gasteiger partial charge on any atom is 0.416 e. The van der Waals surface area contributed by atoms with Crippen molar-refractivity contribution in [1.82, 2.24) is 20.1 Å². The number of halogens is 3. The Morgan fingerprint density at radius 2 is 2.12 bits per heavy atom. The number of nitrogens with zero attached hydrogens (tertiary/aromatic N) is 3. The molecule has 1 amide bonds. The Balaban J connectivity index is 1.66. The lowest BCUT2D eigenvalue weighted by molar-refractivity contribution is -0.137. The van der Waals surface area contributed by atoms with Gasteiger partial charge in [0, 0.05) is 23.3 Å². The van der Waals surface area contributed by atoms with E-state index in [0.717, 1.165) is 17.7 Å². The number of pyridine rings is 1. The van der Waals surface area contributed by atoms with Gasteiger partial charge in [-0.15, -0.1) is 0 Å². The third-order valence-corrected chi connectivity index (χ3v) is 4.22. The van der Waals surface area contributed by atoms with Crippen LogP contribution in [0.25, 0.3) is 10.9 Å². The van der Waals surface area contributed by atoms with E-state index in [2.05, 4.69) is 15.2 Å². The number of alkyl halides is 3. The minimum Gasteiger partial charge on any atom is -0.491 e. The van der Waals surface area contributed by atoms with Crippen LogP contribution in [0.3, 0.4) is 0 Å². The zero-order chi connectivity index (χ0) is 18.3. The van der Waals surface area contributed by atoms with Crippen LogP contribution >= 0.6 is 0 Å². The molecule has 0 bridgehead atoms. The molecule has 4 rings (SSSR count). The van der Waals surface area contributed by atoms with E-state index in [9.17, 15) is 18.0 Å². The quantitative estimate of drug-likeness (QED) is 0.722. The third kappa shape index (κ3) is 2.85. The minimum atomic E-state index is -4.46. The molecule has 134 valence electrons. The predicted octanol–water partition coefficient (Wildman–Crippen LogP) is 3.01. The van der Waals surface area contributed by atoms with E-state index in [-0.39, 0.29) is 23.7 Å². The number of carbonyl (C=O) groups is 1. The maximum absolute atomic E-state index is 12.9. The molecule has 6 nitrogen and oxygen atoms in total. The van der Waals surface area contributed by atoms with Crippen molar-refractivity contribution in [2.45, 2.75) is 12.7 Å². The Labute approximate surface area is 145 Å². The monoisotopic (exact) mass is 362 g/mol. The van der Waals surface area contributed by atoms with Crippen LogP contribution in [-0.2, 0) is 12.7 Å². The van der Waals surface area contributed by atoms with Crippen LogP contribution in [0.1, 0.15) is 21.6 Å². The van der Waals surface area contributed by atoms with Gasteiger partial charge in [-0.2, -0.15) is 18.3 Å². The van der Waals surface area contributed by atoms with Gasteiger partial charge in [0.1, 0.15) is 12.4 Å². The highest BCUT2D eigenvalue weighted by atomic mass is 19.4. The largest absolute Gasteiger partial charge is 0.491 e. The lowest BCUT2D eigenvalue weighted by atomic mass is 10.1. The number of hydrogen-bond donors (Lipinski definition) is 1. The first-order valence-corrected chi connectivity index (χ1v) is 7.84. The Bertz CT molecular complexity index is 984. The van der Waals surface area contributed by atoms with Crippen LogP contribution in [0.5, 0.6) is 5.75 Å². The summed E-state index contributed by atoms with van der Waals surface area (Å²) < 4.78 is 44.1. The van der Waals surface area contributed by atoms with Gasteiger partial charge in [0.05, 0.1) is 24.2 Å². The fourth-order valence-corrected chi connectivity index (χ4v) is 2.91. The first-order chi connectivity index (χ1) is 12.4. The second kappa shape index (κ2) is 6.01. The Morgan fingerprint density at radius 3 is 2.92 bits per heavy atom. The molecule has 0 radical (unpaired) electrons. The fourth-order valence-electron chi connectivity index (χ4n) is 2.91. The van der Waals surface area contributed by atoms with Crippen LogP contribution in [0.15, 0.2) is 36.7 Å². The molecule has 0 unspecified atom stereocenters. The zero-order valence-electron chi connectivity index (χ0n) is 13.4. The highest BCUT2D eigenvalue weighted by Crippen LogP contribution is 2.32. The van der Waals surface area contributed by atoms with E-state index < -0.39 is 11.7 Å². The summed E-state index contributed by atoms with van der Waals surface area (Å²) >= 11 is 0. The number of ether oxygens (including phenoxy) is 1. The van der Waals surface area contributed by atoms with Crippen molar-refractivity contribution in [2.75, 3.05) is 13.2 Å². The summed E-state index contributed by atoms with van der Waals surface area (Å²) in [5, 5.41) is 6.80. The van der Waals surface area contributed by atoms with Crippen LogP contribution in [0, 0.1) is 0 Å². The van der Waals surface area contributed by atoms with Gasteiger partial charge in [0.2, 0.25) is 0 Å². The number of aromatic amines is 1. The van der Waals surface area contributed by atoms with Crippen molar-refractivity contribution in [2.24, 2.45) is 0 Å². The predicted molar refractivity (Wildman–Crippen MR) is 85.6 cm³/mol. The van der Waals surface area contributed by atoms with E-state index in [1.165, 1.54) is 6.07 Å². The van der Waals surface area contributed by atoms with Crippen molar-refractivity contribution in [3.63, 3.8) is 0 Å². The summed E-state index contributed by atoms with van der Waals surface area (Å²) in [6.07, 6.45) is -1.22. The average Bonchev–Trinajstić information content (AvgIpc) is 2.91. The standard InChI is InChI=1S/C17H13F3N4O2/c18-17(19,20)11-1-2-12-13(7-11)22-23-15(12)16(25)24-5-6-26-14-3-4-21-8-10(14)9-24/h1-4,7-8H,5-6,9H2,(H,22,23). The molecule has 0 fully saturated rings. The number of nitrogens with one attached hydrogen (secondary N) is 1. The number of carbonyl (C=O) groups excluding carboxylic acids is 1. The van der Waals surface area contributed by atoms with E-state index >= 15 is 0 Å². The molecule has 0 aliphatic carbocycles. The summed E-state index contributed by atoms with van der Waals surface area (Å²) in [4.78, 5) is 18.4. The number of fused-ring (bicyclic) bond motifs is 2. The highest BCUT2D eigenvalue weighted by molar-refractivity contribution is 6.04. The van der Waals surface area contributed by atoms with Gasteiger partial charge in [-0.05, 0) is 24.3 Å². The highest BCUT2D eigenvalue weighted by Gasteiger charge is 2.31. The smallest absolute Gasteiger partial charge is 0.416 e. The van der Waals surface area contributed by atoms with Gasteiger partial charge in [0.25, 0.3) is 5.91 Å². The number of rotatable bonds is 1. The first-order valence-electron chi connectivity index (χ1n) is 7.84. The number of hydrogen-bond acceptors (Lipinski definition) is 4. The number of amides is 1. The molecule has 1 N–H and O–H groups in total. The van der Waals surface area contributed by atoms with Crippen LogP contribution in [-0.4, -0.2) is 39.1 Å². The topological polar surface area (TPSA) is 71.1 Å². The first kappa shape index (κ1) is 16.4. The Morgan fingerprint density at radius 1 is 1.27 bits per heavy atom. The third-order valence-electron chi connectivity index (χ3n) is 4.22. The van der Waals surface area contributed by atoms with Gasteiger partial charge in [-0.3, -0.25) is 14.9 Å². The Kier molecular flexibility index (Phi) is 3.78. The van der Waals surface area contributed by atoms with Gasteiger partial charge in [-0.25, -0.2) is 0 Å². The van der Waals surface area contributed by atoms with Gasteiger partial charge in [0.15, 0.2) is 5.69 Å². The summed E-state index contributed by atoms with van der Waals surface area (Å²) in [5.41, 5.74) is 0.214. The van der Waals surface area contributed by atoms with E-state index in [1.807, 2.05) is 0 Å². The minimum absolute atomic E-state index is 0.0843. The molecular formula is C17H13F3N4O2. The molecule has 1 aliphatic rings. The van der Waals surface area contributed by atoms with Crippen LogP contribution < -0.4 is 4.74 Å². The lowest BCUT2D eigenvalue weighted by Gasteiger charge is -2.18. The van der Waals surface area contributed by atoms with Crippen molar-refractivity contribution < 1.29 is 22.7 Å². The summed E-state index contributed by atoms with van der Waals surface area (Å²) in [7, 11) is 0. The molecule has 1 aliphatic heterocycles. The normalized spacial score (nSPS) is 14.7. The van der Waals surface area contributed by atoms with E-state index in [1.54, 1.807) is 23.4 Å². The van der Waals surface area contributed by atoms with Crippen molar-refractivity contribution >= 4 is 16.8 Å². The fraction of sp³-hybridized carbons (Fsp3) is 0.235. The van der Waals surface area contributed by atoms with Gasteiger partial charge >= 0.3 is 6.18 Å². The zero-order valence-corrected chi connectivity index (χ0v) is 13.4. The SMILES string of the molecule is O=C(c1n[nH]c2cc(C(F)(F)F)ccc12)N1CCOc2ccncc2C1. The van der Waals surface area contributed by atoms with Gasteiger partial charge < -0.3 is 9.64 Å². The number of H-pyrrole nitrogens is 1. The molecule has 0 saturated heterocycles. The molecule has 0 spiro atoms. The second-order valence-corrected chi connectivity index (χ2v) is 5.89. The van der Waals surface area contributed by atoms with Crippen molar-refractivity contribution in [1.29, 1.82) is 0 Å². The molecule has 1 aromatic carbocycles. The number of aromatic nitrogens is 3. The average molecular weight is 362 g/mol. The second-order valence-electron chi connectivity index (χ2n) is 5.89. The van der Waals surface area contributed by atoms with E-state index in [4.69, 9.17) is 4.74 Å². The van der Waals surface area contributed by atoms with Crippen molar-refractivity contribution in [3.05, 3.63) is 53.5 Å². The molecule has 0 atom stereocenters. The van der Waals surface area contributed by atoms with Crippen LogP contribution in [0.4, 0.5) is 13.2 Å². The Hall–Kier alpha value is -3.10. The van der Waals surface area contributed by atoms with Crippen molar-refractivity contribution in [3.8, 4) is 5.75 Å². The maximum atomic E-state index is 12.9. The number of benzene rings is 1. The molecular weight excluding hydrogens is 349 g/mol. The van der Waals surface area contributed by atoms with Crippen LogP contribution in [0.2, 0.25) is 0 Å². The lowest BCUT2D eigenvalue weighted by Crippen LogP contribution is -2.32. The van der Waals surface area contributed by atoms with E-state index in [0.29, 0.717) is 24.3 Å². The molecule has 9 heteroatoms. The molecule has 0 saturated carbocycles. The molecule has 2 aromatic heterocycles. The molecule has 26 heavy (non-hydrogen) atoms. The summed E-state index contributed by atoms with van der Waals surface area (Å²) in [5.74, 6) is 0.285. The van der Waals surface area contributed by atoms with Gasteiger partial charge in [-0.1, -0.05) is 0 Å². The molecule has 3 heterocycles.